The van der Waals surface area contributed by atoms with Gasteiger partial charge in [0.2, 0.25) is 11.9 Å². The van der Waals surface area contributed by atoms with Gasteiger partial charge in [-0.15, -0.1) is 0 Å². The number of fused-ring (bicyclic) bond motifs is 1. The van der Waals surface area contributed by atoms with Crippen molar-refractivity contribution in [2.45, 2.75) is 76.3 Å². The molecule has 6 aliphatic rings. The molecule has 0 aromatic heterocycles. The number of aliphatic hydroxyl groups excluding tert-OH is 1. The lowest BCUT2D eigenvalue weighted by molar-refractivity contribution is -0.238. The molecular weight excluding hydrogens is 384 g/mol. The van der Waals surface area contributed by atoms with Gasteiger partial charge in [0.05, 0.1) is 16.7 Å². The second-order valence-electron chi connectivity index (χ2n) is 10.6. The van der Waals surface area contributed by atoms with Crippen LogP contribution in [0.25, 0.3) is 0 Å². The normalized spacial score (nSPS) is 59.2. The molecule has 10 atom stereocenters. The molecule has 0 bridgehead atoms. The molecule has 2 N–H and O–H groups in total. The van der Waals surface area contributed by atoms with E-state index in [1.54, 1.807) is 0 Å². The number of rotatable bonds is 0. The van der Waals surface area contributed by atoms with E-state index >= 15 is 0 Å². The lowest BCUT2D eigenvalue weighted by atomic mass is 9.51. The van der Waals surface area contributed by atoms with E-state index in [2.05, 4.69) is 0 Å². The van der Waals surface area contributed by atoms with Crippen molar-refractivity contribution >= 4 is 17.9 Å². The van der Waals surface area contributed by atoms with E-state index in [1.165, 1.54) is 6.92 Å². The van der Waals surface area contributed by atoms with Gasteiger partial charge in [0.15, 0.2) is 11.7 Å². The Labute approximate surface area is 166 Å². The van der Waals surface area contributed by atoms with Gasteiger partial charge in [-0.3, -0.25) is 4.79 Å². The van der Waals surface area contributed by atoms with Crippen molar-refractivity contribution in [1.29, 1.82) is 0 Å². The summed E-state index contributed by atoms with van der Waals surface area (Å²) in [5.74, 6) is -3.52. The van der Waals surface area contributed by atoms with Gasteiger partial charge in [0, 0.05) is 6.42 Å². The highest BCUT2D eigenvalue weighted by Crippen LogP contribution is 2.84. The Morgan fingerprint density at radius 3 is 2.38 bits per heavy atom. The average Bonchev–Trinajstić information content (AvgIpc) is 3.31. The minimum absolute atomic E-state index is 0.0623. The number of hydrogen-bond acceptors (Lipinski definition) is 9. The second-order valence-corrected chi connectivity index (χ2v) is 10.6. The van der Waals surface area contributed by atoms with Crippen LogP contribution >= 0.6 is 0 Å². The van der Waals surface area contributed by atoms with Crippen LogP contribution in [0.5, 0.6) is 0 Å². The Kier molecular flexibility index (Phi) is 2.79. The van der Waals surface area contributed by atoms with Crippen molar-refractivity contribution in [3.05, 3.63) is 0 Å². The summed E-state index contributed by atoms with van der Waals surface area (Å²) in [5.41, 5.74) is -6.81. The van der Waals surface area contributed by atoms with Crippen LogP contribution in [-0.4, -0.2) is 63.9 Å². The van der Waals surface area contributed by atoms with Crippen LogP contribution in [0.3, 0.4) is 0 Å². The summed E-state index contributed by atoms with van der Waals surface area (Å²) in [6, 6.07) is 0. The fraction of sp³-hybridized carbons (Fsp3) is 0.850. The third-order valence-electron chi connectivity index (χ3n) is 8.97. The molecule has 4 saturated heterocycles. The molecule has 9 nitrogen and oxygen atoms in total. The molecule has 0 unspecified atom stereocenters. The first-order valence-corrected chi connectivity index (χ1v) is 10.1. The minimum Gasteiger partial charge on any atom is -0.459 e. The average molecular weight is 408 g/mol. The number of ether oxygens (including phenoxy) is 4. The molecule has 0 aromatic carbocycles. The van der Waals surface area contributed by atoms with Gasteiger partial charge < -0.3 is 29.2 Å². The maximum Gasteiger partial charge on any atom is 0.342 e. The van der Waals surface area contributed by atoms with E-state index < -0.39 is 70.5 Å². The Morgan fingerprint density at radius 1 is 1.03 bits per heavy atom. The van der Waals surface area contributed by atoms with Crippen LogP contribution in [-0.2, 0) is 33.3 Å². The fourth-order valence-electron chi connectivity index (χ4n) is 8.06. The number of aliphatic hydroxyl groups is 2. The Balaban J connectivity index is 1.68. The predicted molar refractivity (Wildman–Crippen MR) is 90.6 cm³/mol. The minimum atomic E-state index is -1.97. The maximum absolute atomic E-state index is 13.3. The first-order valence-electron chi connectivity index (χ1n) is 10.1. The van der Waals surface area contributed by atoms with Crippen molar-refractivity contribution in [3.8, 4) is 0 Å². The van der Waals surface area contributed by atoms with Gasteiger partial charge in [0.25, 0.3) is 0 Å². The van der Waals surface area contributed by atoms with Gasteiger partial charge in [-0.05, 0) is 24.7 Å². The molecule has 0 radical (unpaired) electrons. The molecule has 9 heteroatoms. The number of hydrogen-bond donors (Lipinski definition) is 2. The highest BCUT2D eigenvalue weighted by Gasteiger charge is 3.01. The van der Waals surface area contributed by atoms with E-state index in [4.69, 9.17) is 18.9 Å². The Bertz CT molecular complexity index is 893. The van der Waals surface area contributed by atoms with Gasteiger partial charge in [0.1, 0.15) is 12.2 Å². The number of carbonyl (C=O) groups excluding carboxylic acids is 3. The van der Waals surface area contributed by atoms with Crippen molar-refractivity contribution in [2.24, 2.45) is 28.1 Å². The number of esters is 3. The van der Waals surface area contributed by atoms with Crippen LogP contribution in [0, 0.1) is 28.1 Å². The summed E-state index contributed by atoms with van der Waals surface area (Å²) in [4.78, 5) is 38.1. The summed E-state index contributed by atoms with van der Waals surface area (Å²) in [6.45, 7) is 7.47. The highest BCUT2D eigenvalue weighted by atomic mass is 16.8. The van der Waals surface area contributed by atoms with Gasteiger partial charge in [-0.25, -0.2) is 9.59 Å². The van der Waals surface area contributed by atoms with Gasteiger partial charge >= 0.3 is 17.9 Å². The molecule has 2 saturated carbocycles. The quantitative estimate of drug-likeness (QED) is 0.408. The molecule has 2 spiro atoms. The zero-order valence-corrected chi connectivity index (χ0v) is 16.6. The maximum atomic E-state index is 13.3. The monoisotopic (exact) mass is 408 g/mol. The van der Waals surface area contributed by atoms with Gasteiger partial charge in [-0.1, -0.05) is 20.8 Å². The van der Waals surface area contributed by atoms with Crippen molar-refractivity contribution < 1.29 is 43.5 Å². The van der Waals surface area contributed by atoms with Crippen molar-refractivity contribution in [1.82, 2.24) is 0 Å². The number of carbonyl (C=O) groups is 3. The van der Waals surface area contributed by atoms with E-state index in [9.17, 15) is 24.6 Å². The van der Waals surface area contributed by atoms with Crippen LogP contribution in [0.15, 0.2) is 0 Å². The molecule has 4 heterocycles. The summed E-state index contributed by atoms with van der Waals surface area (Å²) in [5, 5.41) is 23.0. The molecular formula is C20H24O9. The van der Waals surface area contributed by atoms with Crippen LogP contribution in [0.1, 0.15) is 40.5 Å². The first-order chi connectivity index (χ1) is 13.4. The van der Waals surface area contributed by atoms with Crippen molar-refractivity contribution in [3.63, 3.8) is 0 Å². The molecule has 6 fully saturated rings. The molecule has 29 heavy (non-hydrogen) atoms. The summed E-state index contributed by atoms with van der Waals surface area (Å²) >= 11 is 0. The van der Waals surface area contributed by atoms with Crippen molar-refractivity contribution in [2.75, 3.05) is 0 Å². The van der Waals surface area contributed by atoms with E-state index in [0.29, 0.717) is 6.42 Å². The van der Waals surface area contributed by atoms with E-state index in [-0.39, 0.29) is 17.8 Å². The molecule has 4 aliphatic heterocycles. The third kappa shape index (κ3) is 1.35. The molecule has 0 amide bonds. The zero-order chi connectivity index (χ0) is 20.9. The fourth-order valence-corrected chi connectivity index (χ4v) is 8.06. The topological polar surface area (TPSA) is 129 Å². The Morgan fingerprint density at radius 2 is 1.72 bits per heavy atom. The summed E-state index contributed by atoms with van der Waals surface area (Å²) in [7, 11) is 0. The van der Waals surface area contributed by atoms with E-state index in [0.717, 1.165) is 0 Å². The standard InChI is InChI=1S/C20H24O9/c1-7-12(22)26-10-6-17-9-5-8(16(2,3)4)18(17)11(21)13(23)28-15(18)29-20(17,14(24)27-9)19(7,10)25/h7-11,15,21,25H,5-6H2,1-4H3/t7-,8+,9-,10+,11+,15-,17+,18-,19-,20-/m1/s1. The first kappa shape index (κ1) is 18.1. The molecule has 0 aromatic rings. The largest absolute Gasteiger partial charge is 0.459 e. The van der Waals surface area contributed by atoms with Crippen LogP contribution < -0.4 is 0 Å². The summed E-state index contributed by atoms with van der Waals surface area (Å²) in [6.07, 6.45) is -3.96. The molecule has 6 rings (SSSR count). The van der Waals surface area contributed by atoms with Crippen LogP contribution in [0.2, 0.25) is 0 Å². The lowest BCUT2D eigenvalue weighted by Gasteiger charge is -2.46. The predicted octanol–water partition coefficient (Wildman–Crippen LogP) is -0.340. The van der Waals surface area contributed by atoms with E-state index in [1.807, 2.05) is 20.8 Å². The highest BCUT2D eigenvalue weighted by molar-refractivity contribution is 5.93. The third-order valence-corrected chi connectivity index (χ3v) is 8.97. The molecule has 2 aliphatic carbocycles. The zero-order valence-electron chi connectivity index (χ0n) is 16.6. The molecule has 158 valence electrons. The summed E-state index contributed by atoms with van der Waals surface area (Å²) < 4.78 is 22.9. The Hall–Kier alpha value is -1.71. The smallest absolute Gasteiger partial charge is 0.342 e. The van der Waals surface area contributed by atoms with Crippen LogP contribution in [0.4, 0.5) is 0 Å². The SMILES string of the molecule is C[C@@H]1C(=O)O[C@H]2C[C@]34[C@H]5C[C@@H](C(C)(C)C)[C@@]36[C@H](OC(=O)[C@@H]6O)O[C@@]4(C(=O)O5)[C@]21O. The van der Waals surface area contributed by atoms with Gasteiger partial charge in [-0.2, -0.15) is 0 Å². The second kappa shape index (κ2) is 4.48. The lowest BCUT2D eigenvalue weighted by Crippen LogP contribution is -2.66.